The van der Waals surface area contributed by atoms with Crippen LogP contribution in [0.5, 0.6) is 5.75 Å². The van der Waals surface area contributed by atoms with E-state index >= 15 is 0 Å². The monoisotopic (exact) mass is 560 g/mol. The summed E-state index contributed by atoms with van der Waals surface area (Å²) in [6, 6.07) is 23.1. The highest BCUT2D eigenvalue weighted by atomic mass is 32.2. The molecule has 4 unspecified atom stereocenters. The van der Waals surface area contributed by atoms with Crippen molar-refractivity contribution in [3.8, 4) is 5.75 Å². The molecule has 3 N–H and O–H groups in total. The molecule has 0 spiro atoms. The number of benzene rings is 3. The summed E-state index contributed by atoms with van der Waals surface area (Å²) in [6.45, 7) is 0.519. The molecule has 0 aliphatic carbocycles. The molecular formula is C29H29FN6O3S. The summed E-state index contributed by atoms with van der Waals surface area (Å²) in [6.07, 6.45) is 0.246. The number of nitrogens with one attached hydrogen (secondary N) is 3. The molecule has 3 aliphatic heterocycles. The highest BCUT2D eigenvalue weighted by Crippen LogP contribution is 2.34. The maximum Gasteiger partial charge on any atom is 0.253 e. The molecule has 0 saturated carbocycles. The van der Waals surface area contributed by atoms with E-state index in [9.17, 15) is 14.0 Å². The van der Waals surface area contributed by atoms with Crippen molar-refractivity contribution in [1.29, 1.82) is 0 Å². The van der Waals surface area contributed by atoms with Crippen LogP contribution in [0.25, 0.3) is 0 Å². The second kappa shape index (κ2) is 11.3. The van der Waals surface area contributed by atoms with Gasteiger partial charge in [-0.25, -0.2) is 14.8 Å². The highest BCUT2D eigenvalue weighted by molar-refractivity contribution is 8.00. The largest absolute Gasteiger partial charge is 0.497 e. The third-order valence-corrected chi connectivity index (χ3v) is 8.33. The number of fused-ring (bicyclic) bond motifs is 1. The summed E-state index contributed by atoms with van der Waals surface area (Å²) in [4.78, 5) is 26.4. The lowest BCUT2D eigenvalue weighted by molar-refractivity contribution is -0.130. The zero-order chi connectivity index (χ0) is 27.6. The fourth-order valence-corrected chi connectivity index (χ4v) is 6.12. The lowest BCUT2D eigenvalue weighted by Gasteiger charge is -2.37. The molecule has 0 radical (unpaired) electrons. The molecule has 3 aromatic rings. The van der Waals surface area contributed by atoms with Crippen LogP contribution < -0.4 is 25.8 Å². The quantitative estimate of drug-likeness (QED) is 0.408. The first kappa shape index (κ1) is 26.3. The van der Waals surface area contributed by atoms with Gasteiger partial charge in [0, 0.05) is 13.0 Å². The lowest BCUT2D eigenvalue weighted by Crippen LogP contribution is -2.63. The standard InChI is InChI=1S/C29H29FN6O3S/c1-39-22-13-9-18(10-14-22)24-15-25(19-7-11-20(30)12-8-19)36(34-24)26(37)17-40-29-32-27-23(28(38)33-29)16-31-35(27)21-5-3-2-4-6-21/h2-14,23,25,27,29,31-32H,15-17H2,1H3,(H,33,38). The van der Waals surface area contributed by atoms with Crippen LogP contribution in [0.4, 0.5) is 10.1 Å². The van der Waals surface area contributed by atoms with Gasteiger partial charge in [-0.05, 0) is 59.7 Å². The number of thioether (sulfide) groups is 1. The Hall–Kier alpha value is -3.93. The minimum atomic E-state index is -0.458. The summed E-state index contributed by atoms with van der Waals surface area (Å²) < 4.78 is 18.9. The van der Waals surface area contributed by atoms with Crippen molar-refractivity contribution in [2.45, 2.75) is 24.1 Å². The van der Waals surface area contributed by atoms with Crippen LogP contribution in [-0.2, 0) is 9.59 Å². The molecule has 2 fully saturated rings. The summed E-state index contributed by atoms with van der Waals surface area (Å²) in [5.41, 5.74) is 6.25. The number of hydrazone groups is 1. The fraction of sp³-hybridized carbons (Fsp3) is 0.276. The van der Waals surface area contributed by atoms with E-state index in [0.717, 1.165) is 28.3 Å². The van der Waals surface area contributed by atoms with Crippen LogP contribution in [0.3, 0.4) is 0 Å². The fourth-order valence-electron chi connectivity index (χ4n) is 5.24. The summed E-state index contributed by atoms with van der Waals surface area (Å²) >= 11 is 1.31. The molecule has 11 heteroatoms. The van der Waals surface area contributed by atoms with Gasteiger partial charge in [0.1, 0.15) is 23.2 Å². The molecule has 0 bridgehead atoms. The Morgan fingerprint density at radius 2 is 1.82 bits per heavy atom. The summed E-state index contributed by atoms with van der Waals surface area (Å²) in [7, 11) is 1.61. The molecule has 3 heterocycles. The molecule has 9 nitrogen and oxygen atoms in total. The lowest BCUT2D eigenvalue weighted by atomic mass is 9.98. The maximum atomic E-state index is 13.7. The summed E-state index contributed by atoms with van der Waals surface area (Å²) in [5, 5.41) is 14.6. The third kappa shape index (κ3) is 5.27. The van der Waals surface area contributed by atoms with E-state index in [2.05, 4.69) is 16.1 Å². The minimum Gasteiger partial charge on any atom is -0.497 e. The van der Waals surface area contributed by atoms with E-state index in [4.69, 9.17) is 9.84 Å². The Labute approximate surface area is 235 Å². The number of hydrogen-bond acceptors (Lipinski definition) is 8. The van der Waals surface area contributed by atoms with Gasteiger partial charge in [0.25, 0.3) is 5.91 Å². The smallest absolute Gasteiger partial charge is 0.253 e. The van der Waals surface area contributed by atoms with Crippen LogP contribution in [0.2, 0.25) is 0 Å². The van der Waals surface area contributed by atoms with Gasteiger partial charge in [-0.1, -0.05) is 30.3 Å². The third-order valence-electron chi connectivity index (χ3n) is 7.32. The normalized spacial score (nSPS) is 23.9. The Morgan fingerprint density at radius 1 is 1.07 bits per heavy atom. The van der Waals surface area contributed by atoms with Crippen LogP contribution >= 0.6 is 11.8 Å². The van der Waals surface area contributed by atoms with E-state index in [-0.39, 0.29) is 41.5 Å². The Morgan fingerprint density at radius 3 is 2.55 bits per heavy atom. The number of nitrogens with zero attached hydrogens (tertiary/aromatic N) is 3. The zero-order valence-corrected chi connectivity index (χ0v) is 22.6. The molecular weight excluding hydrogens is 531 g/mol. The Bertz CT molecular complexity index is 1410. The van der Waals surface area contributed by atoms with Crippen LogP contribution in [0.1, 0.15) is 23.6 Å². The van der Waals surface area contributed by atoms with Gasteiger partial charge < -0.3 is 10.1 Å². The van der Waals surface area contributed by atoms with E-state index in [1.807, 2.05) is 59.6 Å². The molecule has 6 rings (SSSR count). The number of para-hydroxylation sites is 1. The molecule has 2 amide bonds. The SMILES string of the molecule is COc1ccc(C2=NN(C(=O)CSC3NC(=O)C4CNN(c5ccccc5)C4N3)C(c3ccc(F)cc3)C2)cc1. The minimum absolute atomic E-state index is 0.0650. The van der Waals surface area contributed by atoms with Crippen LogP contribution in [0.15, 0.2) is 84.0 Å². The van der Waals surface area contributed by atoms with Gasteiger partial charge in [0.05, 0.1) is 36.2 Å². The zero-order valence-electron chi connectivity index (χ0n) is 21.8. The van der Waals surface area contributed by atoms with Crippen LogP contribution in [-0.4, -0.2) is 53.6 Å². The van der Waals surface area contributed by atoms with Gasteiger partial charge in [0.15, 0.2) is 0 Å². The average Bonchev–Trinajstić information content (AvgIpc) is 3.63. The molecule has 2 saturated heterocycles. The number of rotatable bonds is 7. The van der Waals surface area contributed by atoms with Gasteiger partial charge in [-0.3, -0.25) is 19.9 Å². The number of hydrogen-bond donors (Lipinski definition) is 3. The molecule has 0 aromatic heterocycles. The number of carbonyl (C=O) groups is 2. The van der Waals surface area contributed by atoms with Gasteiger partial charge in [0.2, 0.25) is 5.91 Å². The topological polar surface area (TPSA) is 98.3 Å². The van der Waals surface area contributed by atoms with E-state index in [1.54, 1.807) is 19.2 Å². The highest BCUT2D eigenvalue weighted by Gasteiger charge is 2.44. The Kier molecular flexibility index (Phi) is 7.42. The molecule has 206 valence electrons. The molecule has 4 atom stereocenters. The molecule has 40 heavy (non-hydrogen) atoms. The predicted octanol–water partition coefficient (Wildman–Crippen LogP) is 3.22. The summed E-state index contributed by atoms with van der Waals surface area (Å²) in [5.74, 6) is -0.0455. The van der Waals surface area contributed by atoms with Crippen molar-refractivity contribution < 1.29 is 18.7 Å². The molecule has 3 aromatic carbocycles. The van der Waals surface area contributed by atoms with Crippen molar-refractivity contribution in [3.05, 3.63) is 95.8 Å². The van der Waals surface area contributed by atoms with Gasteiger partial charge in [-0.2, -0.15) is 5.10 Å². The first-order valence-corrected chi connectivity index (χ1v) is 14.1. The average molecular weight is 561 g/mol. The first-order chi connectivity index (χ1) is 19.5. The van der Waals surface area contributed by atoms with E-state index in [1.165, 1.54) is 28.9 Å². The van der Waals surface area contributed by atoms with Gasteiger partial charge >= 0.3 is 0 Å². The second-order valence-electron chi connectivity index (χ2n) is 9.77. The number of amides is 2. The van der Waals surface area contributed by atoms with E-state index < -0.39 is 5.50 Å². The Balaban J connectivity index is 1.17. The number of ether oxygens (including phenoxy) is 1. The van der Waals surface area contributed by atoms with Crippen molar-refractivity contribution in [1.82, 2.24) is 21.1 Å². The van der Waals surface area contributed by atoms with E-state index in [0.29, 0.717) is 13.0 Å². The van der Waals surface area contributed by atoms with Crippen molar-refractivity contribution >= 4 is 35.0 Å². The number of methoxy groups -OCH3 is 1. The van der Waals surface area contributed by atoms with Crippen molar-refractivity contribution in [2.24, 2.45) is 11.0 Å². The number of anilines is 1. The second-order valence-corrected chi connectivity index (χ2v) is 10.9. The molecule has 3 aliphatic rings. The predicted molar refractivity (Wildman–Crippen MR) is 152 cm³/mol. The number of halogens is 1. The van der Waals surface area contributed by atoms with Crippen molar-refractivity contribution in [2.75, 3.05) is 24.4 Å². The maximum absolute atomic E-state index is 13.7. The first-order valence-electron chi connectivity index (χ1n) is 13.1. The number of carbonyl (C=O) groups excluding carboxylic acids is 2. The van der Waals surface area contributed by atoms with Crippen LogP contribution in [0, 0.1) is 11.7 Å². The number of hydrazine groups is 1. The van der Waals surface area contributed by atoms with Crippen molar-refractivity contribution in [3.63, 3.8) is 0 Å². The van der Waals surface area contributed by atoms with Gasteiger partial charge in [-0.15, -0.1) is 11.8 Å².